The fraction of sp³-hybridized carbons (Fsp3) is 0.727. The standard InChI is InChI=1S/C11H21N3O3/c1-3-16-6-7-17-9-10(15)8-12-11-4-5-14(2)13-11/h4-5,10,15H,3,6-9H2,1-2H3,(H,12,13). The quantitative estimate of drug-likeness (QED) is 0.608. The number of hydrogen-bond donors (Lipinski definition) is 2. The van der Waals surface area contributed by atoms with E-state index in [2.05, 4.69) is 10.4 Å². The number of rotatable bonds is 9. The molecule has 6 nitrogen and oxygen atoms in total. The number of anilines is 1. The summed E-state index contributed by atoms with van der Waals surface area (Å²) < 4.78 is 12.1. The van der Waals surface area contributed by atoms with Gasteiger partial charge in [0.05, 0.1) is 25.9 Å². The number of hydrogen-bond acceptors (Lipinski definition) is 5. The zero-order valence-electron chi connectivity index (χ0n) is 10.4. The lowest BCUT2D eigenvalue weighted by Crippen LogP contribution is -2.25. The van der Waals surface area contributed by atoms with Gasteiger partial charge in [-0.15, -0.1) is 0 Å². The van der Waals surface area contributed by atoms with Gasteiger partial charge in [-0.25, -0.2) is 0 Å². The van der Waals surface area contributed by atoms with E-state index in [1.54, 1.807) is 4.68 Å². The first-order valence-electron chi connectivity index (χ1n) is 5.79. The van der Waals surface area contributed by atoms with Crippen molar-refractivity contribution in [1.29, 1.82) is 0 Å². The van der Waals surface area contributed by atoms with E-state index >= 15 is 0 Å². The van der Waals surface area contributed by atoms with E-state index in [1.807, 2.05) is 26.2 Å². The van der Waals surface area contributed by atoms with Crippen LogP contribution in [0.25, 0.3) is 0 Å². The number of aryl methyl sites for hydroxylation is 1. The summed E-state index contributed by atoms with van der Waals surface area (Å²) in [7, 11) is 1.85. The Morgan fingerprint density at radius 2 is 2.24 bits per heavy atom. The molecule has 0 aromatic carbocycles. The van der Waals surface area contributed by atoms with E-state index in [0.29, 0.717) is 33.0 Å². The topological polar surface area (TPSA) is 68.5 Å². The van der Waals surface area contributed by atoms with Gasteiger partial charge in [0.15, 0.2) is 0 Å². The Hall–Kier alpha value is -1.11. The van der Waals surface area contributed by atoms with Crippen LogP contribution in [0.15, 0.2) is 12.3 Å². The Kier molecular flexibility index (Phi) is 6.61. The first kappa shape index (κ1) is 14.0. The second-order valence-corrected chi connectivity index (χ2v) is 3.68. The normalized spacial score (nSPS) is 12.6. The van der Waals surface area contributed by atoms with Crippen molar-refractivity contribution in [2.24, 2.45) is 7.05 Å². The molecule has 0 aliphatic carbocycles. The van der Waals surface area contributed by atoms with Gasteiger partial charge in [-0.1, -0.05) is 0 Å². The molecule has 1 rings (SSSR count). The van der Waals surface area contributed by atoms with Crippen molar-refractivity contribution in [3.63, 3.8) is 0 Å². The van der Waals surface area contributed by atoms with E-state index in [4.69, 9.17) is 9.47 Å². The number of nitrogens with one attached hydrogen (secondary N) is 1. The molecule has 0 bridgehead atoms. The van der Waals surface area contributed by atoms with Gasteiger partial charge in [0.2, 0.25) is 0 Å². The van der Waals surface area contributed by atoms with Gasteiger partial charge in [-0.05, 0) is 6.92 Å². The number of aromatic nitrogens is 2. The minimum absolute atomic E-state index is 0.299. The van der Waals surface area contributed by atoms with Gasteiger partial charge in [-0.2, -0.15) is 5.10 Å². The largest absolute Gasteiger partial charge is 0.389 e. The third-order valence-electron chi connectivity index (χ3n) is 2.12. The molecule has 0 spiro atoms. The second-order valence-electron chi connectivity index (χ2n) is 3.68. The van der Waals surface area contributed by atoms with E-state index in [1.165, 1.54) is 0 Å². The van der Waals surface area contributed by atoms with E-state index in [0.717, 1.165) is 5.82 Å². The van der Waals surface area contributed by atoms with Crippen LogP contribution in [0, 0.1) is 0 Å². The minimum Gasteiger partial charge on any atom is -0.389 e. The Labute approximate surface area is 102 Å². The summed E-state index contributed by atoms with van der Waals surface area (Å²) in [5.41, 5.74) is 0. The van der Waals surface area contributed by atoms with Crippen molar-refractivity contribution in [1.82, 2.24) is 9.78 Å². The molecule has 1 unspecified atom stereocenters. The van der Waals surface area contributed by atoms with Gasteiger partial charge < -0.3 is 19.9 Å². The number of aliphatic hydroxyl groups is 1. The van der Waals surface area contributed by atoms with E-state index in [-0.39, 0.29) is 0 Å². The van der Waals surface area contributed by atoms with Crippen LogP contribution in [0.2, 0.25) is 0 Å². The maximum absolute atomic E-state index is 9.61. The van der Waals surface area contributed by atoms with Crippen molar-refractivity contribution in [2.45, 2.75) is 13.0 Å². The average molecular weight is 243 g/mol. The molecule has 0 amide bonds. The highest BCUT2D eigenvalue weighted by Gasteiger charge is 2.04. The maximum Gasteiger partial charge on any atom is 0.148 e. The Morgan fingerprint density at radius 1 is 1.47 bits per heavy atom. The molecular formula is C11H21N3O3. The van der Waals surface area contributed by atoms with Gasteiger partial charge in [-0.3, -0.25) is 4.68 Å². The molecule has 1 aromatic heterocycles. The first-order valence-corrected chi connectivity index (χ1v) is 5.79. The SMILES string of the molecule is CCOCCOCC(O)CNc1ccn(C)n1. The molecule has 1 atom stereocenters. The molecule has 17 heavy (non-hydrogen) atoms. The van der Waals surface area contributed by atoms with E-state index in [9.17, 15) is 5.11 Å². The summed E-state index contributed by atoms with van der Waals surface area (Å²) in [6.07, 6.45) is 1.30. The average Bonchev–Trinajstić information content (AvgIpc) is 2.72. The van der Waals surface area contributed by atoms with E-state index < -0.39 is 6.10 Å². The van der Waals surface area contributed by atoms with Crippen molar-refractivity contribution < 1.29 is 14.6 Å². The Morgan fingerprint density at radius 3 is 2.88 bits per heavy atom. The molecule has 0 radical (unpaired) electrons. The summed E-state index contributed by atoms with van der Waals surface area (Å²) in [5, 5.41) is 16.8. The highest BCUT2D eigenvalue weighted by Crippen LogP contribution is 2.00. The molecule has 1 heterocycles. The number of nitrogens with zero attached hydrogens (tertiary/aromatic N) is 2. The second kappa shape index (κ2) is 8.05. The Balaban J connectivity index is 2.03. The van der Waals surface area contributed by atoms with Crippen LogP contribution in [-0.2, 0) is 16.5 Å². The van der Waals surface area contributed by atoms with Crippen LogP contribution in [0.3, 0.4) is 0 Å². The summed E-state index contributed by atoms with van der Waals surface area (Å²) in [6.45, 7) is 4.42. The maximum atomic E-state index is 9.61. The molecule has 0 aliphatic rings. The van der Waals surface area contributed by atoms with Crippen molar-refractivity contribution in [3.05, 3.63) is 12.3 Å². The lowest BCUT2D eigenvalue weighted by atomic mass is 10.4. The fourth-order valence-corrected chi connectivity index (χ4v) is 1.27. The Bertz CT molecular complexity index is 304. The molecule has 98 valence electrons. The minimum atomic E-state index is -0.543. The number of ether oxygens (including phenoxy) is 2. The lowest BCUT2D eigenvalue weighted by molar-refractivity contribution is 0.0103. The van der Waals surface area contributed by atoms with Crippen LogP contribution in [0.1, 0.15) is 6.92 Å². The molecular weight excluding hydrogens is 222 g/mol. The summed E-state index contributed by atoms with van der Waals surface area (Å²) in [4.78, 5) is 0. The molecule has 0 fully saturated rings. The van der Waals surface area contributed by atoms with Gasteiger partial charge in [0.1, 0.15) is 5.82 Å². The highest BCUT2D eigenvalue weighted by atomic mass is 16.5. The fourth-order valence-electron chi connectivity index (χ4n) is 1.27. The molecule has 0 aliphatic heterocycles. The molecule has 0 saturated heterocycles. The third kappa shape index (κ3) is 6.25. The third-order valence-corrected chi connectivity index (χ3v) is 2.12. The lowest BCUT2D eigenvalue weighted by Gasteiger charge is -2.11. The van der Waals surface area contributed by atoms with Crippen molar-refractivity contribution in [3.8, 4) is 0 Å². The van der Waals surface area contributed by atoms with Crippen LogP contribution in [-0.4, -0.2) is 54.0 Å². The van der Waals surface area contributed by atoms with Crippen molar-refractivity contribution >= 4 is 5.82 Å². The zero-order valence-corrected chi connectivity index (χ0v) is 10.4. The van der Waals surface area contributed by atoms with Crippen LogP contribution in [0.4, 0.5) is 5.82 Å². The van der Waals surface area contributed by atoms with Crippen LogP contribution in [0.5, 0.6) is 0 Å². The summed E-state index contributed by atoms with van der Waals surface area (Å²) in [6, 6.07) is 1.85. The molecule has 6 heteroatoms. The first-order chi connectivity index (χ1) is 8.22. The van der Waals surface area contributed by atoms with Gasteiger partial charge in [0.25, 0.3) is 0 Å². The summed E-state index contributed by atoms with van der Waals surface area (Å²) >= 11 is 0. The van der Waals surface area contributed by atoms with Crippen LogP contribution < -0.4 is 5.32 Å². The summed E-state index contributed by atoms with van der Waals surface area (Å²) in [5.74, 6) is 0.751. The monoisotopic (exact) mass is 243 g/mol. The van der Waals surface area contributed by atoms with Gasteiger partial charge >= 0.3 is 0 Å². The number of aliphatic hydroxyl groups excluding tert-OH is 1. The zero-order chi connectivity index (χ0) is 12.5. The van der Waals surface area contributed by atoms with Gasteiger partial charge in [0, 0.05) is 32.5 Å². The molecule has 0 saturated carbocycles. The molecule has 2 N–H and O–H groups in total. The highest BCUT2D eigenvalue weighted by molar-refractivity contribution is 5.31. The van der Waals surface area contributed by atoms with Crippen molar-refractivity contribution in [2.75, 3.05) is 38.3 Å². The molecule has 1 aromatic rings. The van der Waals surface area contributed by atoms with Crippen LogP contribution >= 0.6 is 0 Å². The predicted molar refractivity (Wildman–Crippen MR) is 65.0 cm³/mol. The predicted octanol–water partition coefficient (Wildman–Crippen LogP) is 0.246. The smallest absolute Gasteiger partial charge is 0.148 e.